The molecule has 0 saturated heterocycles. The van der Waals surface area contributed by atoms with Crippen LogP contribution < -0.4 is 0 Å². The average Bonchev–Trinajstić information content (AvgIpc) is 2.87. The summed E-state index contributed by atoms with van der Waals surface area (Å²) in [6.45, 7) is 0. The van der Waals surface area contributed by atoms with Gasteiger partial charge in [0.05, 0.1) is 5.92 Å². The molecule has 0 bridgehead atoms. The topological polar surface area (TPSA) is 17.1 Å². The number of halogens is 1. The number of fused-ring (bicyclic) bond motifs is 3. The summed E-state index contributed by atoms with van der Waals surface area (Å²) in [6, 6.07) is 22.8. The molecule has 0 heterocycles. The Morgan fingerprint density at radius 1 is 0.773 bits per heavy atom. The highest BCUT2D eigenvalue weighted by Gasteiger charge is 2.28. The summed E-state index contributed by atoms with van der Waals surface area (Å²) >= 11 is 3.50. The van der Waals surface area contributed by atoms with E-state index in [1.807, 2.05) is 24.3 Å². The minimum Gasteiger partial charge on any atom is -0.302 e. The number of carbonyl (C=O) groups is 1. The molecular weight excluding hydrogens is 336 g/mol. The zero-order chi connectivity index (χ0) is 15.1. The van der Waals surface area contributed by atoms with Crippen molar-refractivity contribution in [1.82, 2.24) is 0 Å². The van der Waals surface area contributed by atoms with Crippen molar-refractivity contribution in [2.75, 3.05) is 0 Å². The molecule has 0 aromatic heterocycles. The number of hydrogen-bond acceptors (Lipinski definition) is 1. The molecule has 0 fully saturated rings. The van der Waals surface area contributed by atoms with Gasteiger partial charge in [0, 0.05) is 4.47 Å². The van der Waals surface area contributed by atoms with Crippen molar-refractivity contribution in [3.63, 3.8) is 0 Å². The number of hydrogen-bond donors (Lipinski definition) is 0. The Kier molecular flexibility index (Phi) is 3.20. The lowest BCUT2D eigenvalue weighted by atomic mass is 9.95. The molecule has 1 unspecified atom stereocenters. The van der Waals surface area contributed by atoms with E-state index in [0.29, 0.717) is 0 Å². The minimum atomic E-state index is -0.175. The average molecular weight is 349 g/mol. The van der Waals surface area contributed by atoms with Crippen LogP contribution in [0.4, 0.5) is 0 Å². The van der Waals surface area contributed by atoms with E-state index in [2.05, 4.69) is 58.4 Å². The monoisotopic (exact) mass is 348 g/mol. The van der Waals surface area contributed by atoms with Gasteiger partial charge in [-0.2, -0.15) is 0 Å². The van der Waals surface area contributed by atoms with E-state index >= 15 is 0 Å². The summed E-state index contributed by atoms with van der Waals surface area (Å²) in [5, 5.41) is 0. The maximum atomic E-state index is 11.7. The summed E-state index contributed by atoms with van der Waals surface area (Å²) in [5.41, 5.74) is 6.84. The number of benzene rings is 3. The number of rotatable bonds is 2. The van der Waals surface area contributed by atoms with Gasteiger partial charge in [0.15, 0.2) is 0 Å². The van der Waals surface area contributed by atoms with Gasteiger partial charge in [0.1, 0.15) is 6.29 Å². The smallest absolute Gasteiger partial charge is 0.131 e. The summed E-state index contributed by atoms with van der Waals surface area (Å²) in [6.07, 6.45) is 1.05. The fourth-order valence-corrected chi connectivity index (χ4v) is 3.60. The highest BCUT2D eigenvalue weighted by molar-refractivity contribution is 9.10. The van der Waals surface area contributed by atoms with E-state index in [1.165, 1.54) is 11.1 Å². The van der Waals surface area contributed by atoms with E-state index in [-0.39, 0.29) is 5.92 Å². The second-order valence-electron chi connectivity index (χ2n) is 5.51. The molecule has 1 aliphatic rings. The molecule has 22 heavy (non-hydrogen) atoms. The van der Waals surface area contributed by atoms with Crippen LogP contribution >= 0.6 is 15.9 Å². The SMILES string of the molecule is O=CC1c2cc(Br)ccc2-c2ccc(-c3ccccc3)cc21. The summed E-state index contributed by atoms with van der Waals surface area (Å²) in [7, 11) is 0. The fraction of sp³-hybridized carbons (Fsp3) is 0.0500. The first-order valence-electron chi connectivity index (χ1n) is 7.22. The fourth-order valence-electron chi connectivity index (χ4n) is 3.23. The Balaban J connectivity index is 1.91. The number of aldehydes is 1. The van der Waals surface area contributed by atoms with Gasteiger partial charge >= 0.3 is 0 Å². The predicted octanol–water partition coefficient (Wildman–Crippen LogP) is 5.43. The van der Waals surface area contributed by atoms with Crippen LogP contribution in [0.3, 0.4) is 0 Å². The summed E-state index contributed by atoms with van der Waals surface area (Å²) < 4.78 is 1.01. The second kappa shape index (κ2) is 5.22. The normalized spacial score (nSPS) is 15.2. The summed E-state index contributed by atoms with van der Waals surface area (Å²) in [4.78, 5) is 11.7. The Morgan fingerprint density at radius 3 is 2.18 bits per heavy atom. The van der Waals surface area contributed by atoms with Gasteiger partial charge in [-0.15, -0.1) is 0 Å². The highest BCUT2D eigenvalue weighted by atomic mass is 79.9. The van der Waals surface area contributed by atoms with E-state index in [0.717, 1.165) is 33.0 Å². The van der Waals surface area contributed by atoms with Crippen molar-refractivity contribution in [2.24, 2.45) is 0 Å². The molecule has 3 aromatic rings. The van der Waals surface area contributed by atoms with Crippen molar-refractivity contribution in [3.05, 3.63) is 82.3 Å². The molecule has 0 saturated carbocycles. The Bertz CT molecular complexity index is 868. The highest BCUT2D eigenvalue weighted by Crippen LogP contribution is 2.45. The lowest BCUT2D eigenvalue weighted by molar-refractivity contribution is -0.108. The molecule has 3 aromatic carbocycles. The van der Waals surface area contributed by atoms with Gasteiger partial charge in [0.2, 0.25) is 0 Å². The molecule has 0 amide bonds. The molecular formula is C20H13BrO. The van der Waals surface area contributed by atoms with Crippen molar-refractivity contribution < 1.29 is 4.79 Å². The third-order valence-corrected chi connectivity index (χ3v) is 4.76. The Morgan fingerprint density at radius 2 is 1.45 bits per heavy atom. The third kappa shape index (κ3) is 2.03. The van der Waals surface area contributed by atoms with Gasteiger partial charge in [-0.05, 0) is 51.6 Å². The van der Waals surface area contributed by atoms with Crippen LogP contribution in [0, 0.1) is 0 Å². The Labute approximate surface area is 137 Å². The second-order valence-corrected chi connectivity index (χ2v) is 6.43. The van der Waals surface area contributed by atoms with Gasteiger partial charge in [-0.3, -0.25) is 0 Å². The number of carbonyl (C=O) groups excluding carboxylic acids is 1. The molecule has 0 spiro atoms. The van der Waals surface area contributed by atoms with Gasteiger partial charge in [-0.1, -0.05) is 64.5 Å². The van der Waals surface area contributed by atoms with E-state index in [9.17, 15) is 4.79 Å². The molecule has 0 aliphatic heterocycles. The van der Waals surface area contributed by atoms with E-state index in [4.69, 9.17) is 0 Å². The third-order valence-electron chi connectivity index (χ3n) is 4.27. The maximum absolute atomic E-state index is 11.7. The van der Waals surface area contributed by atoms with Crippen LogP contribution in [0.25, 0.3) is 22.3 Å². The zero-order valence-corrected chi connectivity index (χ0v) is 13.4. The lowest BCUT2D eigenvalue weighted by Gasteiger charge is -2.08. The van der Waals surface area contributed by atoms with E-state index < -0.39 is 0 Å². The van der Waals surface area contributed by atoms with Crippen LogP contribution in [0.2, 0.25) is 0 Å². The predicted molar refractivity (Wildman–Crippen MR) is 92.9 cm³/mol. The van der Waals surface area contributed by atoms with Gasteiger partial charge in [-0.25, -0.2) is 0 Å². The molecule has 1 nitrogen and oxygen atoms in total. The quantitative estimate of drug-likeness (QED) is 0.564. The van der Waals surface area contributed by atoms with Gasteiger partial charge in [0.25, 0.3) is 0 Å². The van der Waals surface area contributed by atoms with Crippen molar-refractivity contribution in [1.29, 1.82) is 0 Å². The van der Waals surface area contributed by atoms with Crippen LogP contribution in [0.1, 0.15) is 17.0 Å². The first-order chi connectivity index (χ1) is 10.8. The zero-order valence-electron chi connectivity index (χ0n) is 11.8. The first-order valence-corrected chi connectivity index (χ1v) is 8.02. The molecule has 2 heteroatoms. The van der Waals surface area contributed by atoms with Crippen LogP contribution in [-0.4, -0.2) is 6.29 Å². The molecule has 106 valence electrons. The maximum Gasteiger partial charge on any atom is 0.131 e. The van der Waals surface area contributed by atoms with Crippen molar-refractivity contribution in [3.8, 4) is 22.3 Å². The molecule has 0 N–H and O–H groups in total. The minimum absolute atomic E-state index is 0.175. The van der Waals surface area contributed by atoms with E-state index in [1.54, 1.807) is 0 Å². The van der Waals surface area contributed by atoms with Crippen LogP contribution in [-0.2, 0) is 4.79 Å². The molecule has 1 atom stereocenters. The largest absolute Gasteiger partial charge is 0.302 e. The van der Waals surface area contributed by atoms with Crippen LogP contribution in [0.5, 0.6) is 0 Å². The van der Waals surface area contributed by atoms with Crippen molar-refractivity contribution in [2.45, 2.75) is 5.92 Å². The van der Waals surface area contributed by atoms with Gasteiger partial charge < -0.3 is 4.79 Å². The van der Waals surface area contributed by atoms with Crippen molar-refractivity contribution >= 4 is 22.2 Å². The first kappa shape index (κ1) is 13.5. The molecule has 0 radical (unpaired) electrons. The molecule has 4 rings (SSSR count). The van der Waals surface area contributed by atoms with Crippen LogP contribution in [0.15, 0.2) is 71.2 Å². The Hall–Kier alpha value is -2.19. The lowest BCUT2D eigenvalue weighted by Crippen LogP contribution is -1.97. The summed E-state index contributed by atoms with van der Waals surface area (Å²) in [5.74, 6) is -0.175. The standard InChI is InChI=1S/C20H13BrO/c21-15-7-9-17-16-8-6-14(13-4-2-1-3-5-13)10-18(16)20(12-22)19(17)11-15/h1-12,20H. The molecule has 1 aliphatic carbocycles.